The lowest BCUT2D eigenvalue weighted by Gasteiger charge is -2.41. The molecular formula is C24H50. The Morgan fingerprint density at radius 3 is 1.46 bits per heavy atom. The van der Waals surface area contributed by atoms with Gasteiger partial charge in [-0.1, -0.05) is 106 Å². The van der Waals surface area contributed by atoms with Crippen molar-refractivity contribution in [2.75, 3.05) is 0 Å². The van der Waals surface area contributed by atoms with Crippen LogP contribution >= 0.6 is 0 Å². The molecule has 0 aromatic carbocycles. The van der Waals surface area contributed by atoms with Gasteiger partial charge in [0.25, 0.3) is 0 Å². The first-order valence-electron chi connectivity index (χ1n) is 11.5. The highest BCUT2D eigenvalue weighted by Crippen LogP contribution is 2.46. The molecule has 0 nitrogen and oxygen atoms in total. The summed E-state index contributed by atoms with van der Waals surface area (Å²) >= 11 is 0. The molecule has 0 amide bonds. The normalized spacial score (nSPS) is 13.9. The quantitative estimate of drug-likeness (QED) is 0.246. The van der Waals surface area contributed by atoms with Crippen LogP contribution < -0.4 is 0 Å². The molecule has 0 rings (SSSR count). The Bertz CT molecular complexity index is 251. The van der Waals surface area contributed by atoms with E-state index in [0.29, 0.717) is 5.41 Å². The van der Waals surface area contributed by atoms with Gasteiger partial charge in [0.2, 0.25) is 0 Å². The van der Waals surface area contributed by atoms with E-state index < -0.39 is 0 Å². The molecule has 0 aliphatic heterocycles. The highest BCUT2D eigenvalue weighted by atomic mass is 14.4. The molecule has 0 fully saturated rings. The maximum absolute atomic E-state index is 2.45. The fourth-order valence-corrected chi connectivity index (χ4v) is 4.71. The van der Waals surface area contributed by atoms with Crippen LogP contribution in [0.1, 0.15) is 132 Å². The topological polar surface area (TPSA) is 0 Å². The Morgan fingerprint density at radius 1 is 0.625 bits per heavy atom. The van der Waals surface area contributed by atoms with Crippen molar-refractivity contribution in [3.05, 3.63) is 0 Å². The van der Waals surface area contributed by atoms with Crippen molar-refractivity contribution in [3.8, 4) is 0 Å². The molecule has 1 atom stereocenters. The van der Waals surface area contributed by atoms with Crippen LogP contribution in [0.4, 0.5) is 0 Å². The number of unbranched alkanes of at least 4 members (excludes halogenated alkanes) is 4. The molecule has 0 aromatic heterocycles. The average molecular weight is 339 g/mol. The molecule has 0 radical (unpaired) electrons. The molecule has 0 saturated heterocycles. The molecule has 0 bridgehead atoms. The van der Waals surface area contributed by atoms with E-state index in [2.05, 4.69) is 48.5 Å². The lowest BCUT2D eigenvalue weighted by Crippen LogP contribution is -2.29. The fourth-order valence-electron chi connectivity index (χ4n) is 4.71. The Hall–Kier alpha value is 0. The number of rotatable bonds is 16. The maximum atomic E-state index is 2.45. The van der Waals surface area contributed by atoms with E-state index in [0.717, 1.165) is 17.8 Å². The zero-order valence-corrected chi connectivity index (χ0v) is 18.4. The zero-order valence-electron chi connectivity index (χ0n) is 18.4. The monoisotopic (exact) mass is 338 g/mol. The largest absolute Gasteiger partial charge is 0.0654 e. The van der Waals surface area contributed by atoms with E-state index >= 15 is 0 Å². The van der Waals surface area contributed by atoms with Crippen LogP contribution in [-0.2, 0) is 0 Å². The highest BCUT2D eigenvalue weighted by molar-refractivity contribution is 4.85. The van der Waals surface area contributed by atoms with Crippen molar-refractivity contribution in [2.45, 2.75) is 132 Å². The second-order valence-electron chi connectivity index (χ2n) is 8.92. The molecule has 0 heteroatoms. The van der Waals surface area contributed by atoms with E-state index in [1.54, 1.807) is 0 Å². The third kappa shape index (κ3) is 9.47. The Kier molecular flexibility index (Phi) is 14.2. The van der Waals surface area contributed by atoms with Gasteiger partial charge in [-0.15, -0.1) is 0 Å². The first-order valence-corrected chi connectivity index (χ1v) is 11.5. The van der Waals surface area contributed by atoms with Crippen molar-refractivity contribution in [1.29, 1.82) is 0 Å². The number of hydrogen-bond acceptors (Lipinski definition) is 0. The minimum Gasteiger partial charge on any atom is -0.0654 e. The van der Waals surface area contributed by atoms with Gasteiger partial charge in [0.1, 0.15) is 0 Å². The van der Waals surface area contributed by atoms with Gasteiger partial charge >= 0.3 is 0 Å². The van der Waals surface area contributed by atoms with Crippen molar-refractivity contribution < 1.29 is 0 Å². The summed E-state index contributed by atoms with van der Waals surface area (Å²) in [5.74, 6) is 2.70. The van der Waals surface area contributed by atoms with E-state index in [1.165, 1.54) is 83.5 Å². The highest BCUT2D eigenvalue weighted by Gasteiger charge is 2.34. The summed E-state index contributed by atoms with van der Waals surface area (Å²) in [6, 6.07) is 0. The fraction of sp³-hybridized carbons (Fsp3) is 1.00. The van der Waals surface area contributed by atoms with Gasteiger partial charge in [-0.3, -0.25) is 0 Å². The lowest BCUT2D eigenvalue weighted by atomic mass is 9.64. The zero-order chi connectivity index (χ0) is 18.4. The summed E-state index contributed by atoms with van der Waals surface area (Å²) in [5, 5.41) is 0. The summed E-state index contributed by atoms with van der Waals surface area (Å²) < 4.78 is 0. The second kappa shape index (κ2) is 14.2. The predicted molar refractivity (Wildman–Crippen MR) is 113 cm³/mol. The van der Waals surface area contributed by atoms with Gasteiger partial charge in [0.15, 0.2) is 0 Å². The van der Waals surface area contributed by atoms with Crippen LogP contribution in [0.2, 0.25) is 0 Å². The van der Waals surface area contributed by atoms with Crippen LogP contribution in [-0.4, -0.2) is 0 Å². The van der Waals surface area contributed by atoms with Crippen LogP contribution in [0, 0.1) is 23.2 Å². The summed E-state index contributed by atoms with van der Waals surface area (Å²) in [6.07, 6.45) is 18.6. The molecule has 24 heavy (non-hydrogen) atoms. The van der Waals surface area contributed by atoms with E-state index in [-0.39, 0.29) is 0 Å². The Balaban J connectivity index is 5.27. The summed E-state index contributed by atoms with van der Waals surface area (Å²) in [6.45, 7) is 16.9. The first kappa shape index (κ1) is 24.0. The van der Waals surface area contributed by atoms with Crippen LogP contribution in [0.15, 0.2) is 0 Å². The van der Waals surface area contributed by atoms with Crippen molar-refractivity contribution in [1.82, 2.24) is 0 Å². The van der Waals surface area contributed by atoms with Crippen molar-refractivity contribution >= 4 is 0 Å². The smallest absolute Gasteiger partial charge is 0.0292 e. The summed E-state index contributed by atoms with van der Waals surface area (Å²) in [7, 11) is 0. The Labute approximate surface area is 155 Å². The molecule has 0 heterocycles. The third-order valence-electron chi connectivity index (χ3n) is 6.66. The molecule has 0 aliphatic rings. The van der Waals surface area contributed by atoms with Gasteiger partial charge in [-0.2, -0.15) is 0 Å². The van der Waals surface area contributed by atoms with Crippen LogP contribution in [0.3, 0.4) is 0 Å². The molecule has 0 aliphatic carbocycles. The molecular weight excluding hydrogens is 288 g/mol. The molecule has 1 unspecified atom stereocenters. The van der Waals surface area contributed by atoms with E-state index in [9.17, 15) is 0 Å². The Morgan fingerprint density at radius 2 is 1.12 bits per heavy atom. The van der Waals surface area contributed by atoms with Gasteiger partial charge in [0, 0.05) is 0 Å². The van der Waals surface area contributed by atoms with E-state index in [1.807, 2.05) is 0 Å². The molecule has 0 aromatic rings. The molecule has 0 N–H and O–H groups in total. The maximum Gasteiger partial charge on any atom is -0.0292 e. The summed E-state index contributed by atoms with van der Waals surface area (Å²) in [5.41, 5.74) is 0.631. The van der Waals surface area contributed by atoms with E-state index in [4.69, 9.17) is 0 Å². The van der Waals surface area contributed by atoms with Gasteiger partial charge < -0.3 is 0 Å². The van der Waals surface area contributed by atoms with Crippen molar-refractivity contribution in [2.24, 2.45) is 23.2 Å². The van der Waals surface area contributed by atoms with Crippen LogP contribution in [0.5, 0.6) is 0 Å². The first-order chi connectivity index (χ1) is 11.5. The minimum absolute atomic E-state index is 0.631. The van der Waals surface area contributed by atoms with Crippen molar-refractivity contribution in [3.63, 3.8) is 0 Å². The van der Waals surface area contributed by atoms with Gasteiger partial charge in [0.05, 0.1) is 0 Å². The third-order valence-corrected chi connectivity index (χ3v) is 6.66. The molecule has 146 valence electrons. The SMILES string of the molecule is CCCCCC(CCCCC)(CC(CC)CC)CC(CC)C(C)C. The number of hydrogen-bond donors (Lipinski definition) is 0. The average Bonchev–Trinajstić information content (AvgIpc) is 2.57. The standard InChI is InChI=1S/C24H50/c1-8-13-15-17-24(18-16-14-9-2,19-22(10-3)11-4)20-23(12-5)21(6)7/h21-23H,8-20H2,1-7H3. The van der Waals surface area contributed by atoms with Gasteiger partial charge in [-0.05, 0) is 48.9 Å². The van der Waals surface area contributed by atoms with Gasteiger partial charge in [-0.25, -0.2) is 0 Å². The second-order valence-corrected chi connectivity index (χ2v) is 8.92. The van der Waals surface area contributed by atoms with Crippen LogP contribution in [0.25, 0.3) is 0 Å². The lowest BCUT2D eigenvalue weighted by molar-refractivity contribution is 0.104. The molecule has 0 spiro atoms. The minimum atomic E-state index is 0.631. The summed E-state index contributed by atoms with van der Waals surface area (Å²) in [4.78, 5) is 0. The molecule has 0 saturated carbocycles. The predicted octanol–water partition coefficient (Wildman–Crippen LogP) is 9.03.